The molecule has 9 aliphatic carbocycles. The van der Waals surface area contributed by atoms with E-state index in [0.29, 0.717) is 47.3 Å². The first kappa shape index (κ1) is 30.1. The maximum atomic E-state index is 6.85. The maximum Gasteiger partial charge on any atom is 0.0852 e. The van der Waals surface area contributed by atoms with E-state index in [1.54, 1.807) is 28.0 Å². The van der Waals surface area contributed by atoms with Crippen LogP contribution in [0.2, 0.25) is 0 Å². The van der Waals surface area contributed by atoms with Crippen LogP contribution in [0.25, 0.3) is 11.8 Å². The van der Waals surface area contributed by atoms with Crippen molar-refractivity contribution >= 4 is 11.8 Å². The van der Waals surface area contributed by atoms with E-state index in [0.717, 1.165) is 38.5 Å². The predicted molar refractivity (Wildman–Crippen MR) is 204 cm³/mol. The number of ether oxygens (including phenoxy) is 1. The number of nitrogens with zero attached hydrogens (tertiary/aromatic N) is 2. The first-order valence-electron chi connectivity index (χ1n) is 20.4. The van der Waals surface area contributed by atoms with E-state index < -0.39 is 0 Å². The van der Waals surface area contributed by atoms with E-state index >= 15 is 0 Å². The van der Waals surface area contributed by atoms with Gasteiger partial charge in [0.2, 0.25) is 0 Å². The topological polar surface area (TPSA) is 17.4 Å². The normalized spacial score (nSPS) is 36.6. The second kappa shape index (κ2) is 11.7. The van der Waals surface area contributed by atoms with Crippen molar-refractivity contribution in [2.24, 2.45) is 29.1 Å². The molecule has 3 fully saturated rings. The molecule has 256 valence electrons. The van der Waals surface area contributed by atoms with Gasteiger partial charge < -0.3 is 14.2 Å². The van der Waals surface area contributed by atoms with Gasteiger partial charge in [0, 0.05) is 46.0 Å². The Kier molecular flexibility index (Phi) is 7.07. The Morgan fingerprint density at radius 3 is 2.64 bits per heavy atom. The number of allylic oxidation sites excluding steroid dienone is 13. The van der Waals surface area contributed by atoms with Crippen LogP contribution in [0.4, 0.5) is 0 Å². The van der Waals surface area contributed by atoms with Gasteiger partial charge >= 0.3 is 0 Å². The standard InChI is InChI=1S/C47H52N2O/c1-2-13-31(14-3-1)49-41-19-8-5-16-36(41)38-29-32(24-26-42(38)49)48(43-20-12-22-45-46(43)37-17-6-9-21-44(37)50-45)33-23-25-35-34-15-4-7-18-39(34)47(40(35)30-33)27-10-11-28-47/h2,4,6-7,12-15,17-18,20,22,24-26,30,32-34,37,39,44-46H,1,3,5,8-11,16,19,21,23,27-29H2. The van der Waals surface area contributed by atoms with Crippen LogP contribution in [-0.4, -0.2) is 33.8 Å². The number of hydrogen-bond acceptors (Lipinski definition) is 2. The molecule has 1 aliphatic heterocycles. The van der Waals surface area contributed by atoms with Gasteiger partial charge in [-0.2, -0.15) is 0 Å². The van der Waals surface area contributed by atoms with Gasteiger partial charge in [-0.05, 0) is 123 Å². The minimum absolute atomic E-state index is 0.172. The van der Waals surface area contributed by atoms with E-state index in [2.05, 4.69) is 107 Å². The van der Waals surface area contributed by atoms with Crippen molar-refractivity contribution in [2.75, 3.05) is 0 Å². The van der Waals surface area contributed by atoms with Crippen LogP contribution in [0.3, 0.4) is 0 Å². The van der Waals surface area contributed by atoms with Crippen molar-refractivity contribution in [3.63, 3.8) is 0 Å². The zero-order valence-electron chi connectivity index (χ0n) is 29.6. The van der Waals surface area contributed by atoms with E-state index in [4.69, 9.17) is 4.74 Å². The van der Waals surface area contributed by atoms with Crippen LogP contribution in [0.1, 0.15) is 93.1 Å². The van der Waals surface area contributed by atoms with Crippen LogP contribution in [0.5, 0.6) is 0 Å². The number of rotatable bonds is 4. The average Bonchev–Trinajstić information content (AvgIpc) is 3.95. The molecule has 0 radical (unpaired) electrons. The fourth-order valence-electron chi connectivity index (χ4n) is 12.6. The summed E-state index contributed by atoms with van der Waals surface area (Å²) in [5, 5.41) is 0. The van der Waals surface area contributed by atoms with Crippen LogP contribution in [-0.2, 0) is 24.0 Å². The highest BCUT2D eigenvalue weighted by Gasteiger charge is 2.55. The minimum Gasteiger partial charge on any atom is -0.370 e. The van der Waals surface area contributed by atoms with Crippen LogP contribution < -0.4 is 0 Å². The smallest absolute Gasteiger partial charge is 0.0852 e. The average molecular weight is 661 g/mol. The molecule has 8 unspecified atom stereocenters. The maximum absolute atomic E-state index is 6.85. The van der Waals surface area contributed by atoms with Crippen LogP contribution in [0.15, 0.2) is 108 Å². The number of aromatic nitrogens is 1. The van der Waals surface area contributed by atoms with Crippen molar-refractivity contribution in [1.82, 2.24) is 9.47 Å². The van der Waals surface area contributed by atoms with Crippen molar-refractivity contribution in [2.45, 2.75) is 114 Å². The van der Waals surface area contributed by atoms with Crippen LogP contribution in [0, 0.1) is 29.1 Å². The predicted octanol–water partition coefficient (Wildman–Crippen LogP) is 10.2. The molecular weight excluding hydrogens is 609 g/mol. The first-order chi connectivity index (χ1) is 24.8. The van der Waals surface area contributed by atoms with Gasteiger partial charge in [-0.3, -0.25) is 0 Å². The molecule has 8 atom stereocenters. The van der Waals surface area contributed by atoms with E-state index in [-0.39, 0.29) is 6.10 Å². The summed E-state index contributed by atoms with van der Waals surface area (Å²) in [5.74, 6) is 2.03. The monoisotopic (exact) mass is 660 g/mol. The van der Waals surface area contributed by atoms with Gasteiger partial charge in [0.1, 0.15) is 0 Å². The molecule has 11 rings (SSSR count). The minimum atomic E-state index is 0.172. The lowest BCUT2D eigenvalue weighted by molar-refractivity contribution is 0.0502. The lowest BCUT2D eigenvalue weighted by Gasteiger charge is -2.46. The van der Waals surface area contributed by atoms with Crippen molar-refractivity contribution in [1.29, 1.82) is 0 Å². The van der Waals surface area contributed by atoms with Gasteiger partial charge in [0.25, 0.3) is 0 Å². The summed E-state index contributed by atoms with van der Waals surface area (Å²) in [5.41, 5.74) is 13.0. The zero-order chi connectivity index (χ0) is 32.8. The van der Waals surface area contributed by atoms with Gasteiger partial charge in [-0.25, -0.2) is 0 Å². The van der Waals surface area contributed by atoms with E-state index in [1.165, 1.54) is 68.5 Å². The molecule has 0 bridgehead atoms. The highest BCUT2D eigenvalue weighted by molar-refractivity contribution is 5.71. The third-order valence-electron chi connectivity index (χ3n) is 14.6. The molecule has 0 N–H and O–H groups in total. The lowest BCUT2D eigenvalue weighted by Crippen LogP contribution is -2.47. The highest BCUT2D eigenvalue weighted by Crippen LogP contribution is 2.64. The van der Waals surface area contributed by atoms with Gasteiger partial charge in [-0.1, -0.05) is 91.8 Å². The van der Waals surface area contributed by atoms with Crippen molar-refractivity contribution in [3.05, 3.63) is 130 Å². The second-order valence-electron chi connectivity index (χ2n) is 16.9. The molecular formula is C47H52N2O. The summed E-state index contributed by atoms with van der Waals surface area (Å²) >= 11 is 0. The fourth-order valence-corrected chi connectivity index (χ4v) is 12.6. The van der Waals surface area contributed by atoms with Crippen molar-refractivity contribution < 1.29 is 4.74 Å². The van der Waals surface area contributed by atoms with Gasteiger partial charge in [0.05, 0.1) is 24.3 Å². The lowest BCUT2D eigenvalue weighted by atomic mass is 9.70. The fraction of sp³-hybridized carbons (Fsp3) is 0.489. The second-order valence-corrected chi connectivity index (χ2v) is 16.9. The van der Waals surface area contributed by atoms with Gasteiger partial charge in [-0.15, -0.1) is 0 Å². The molecule has 3 heteroatoms. The summed E-state index contributed by atoms with van der Waals surface area (Å²) in [6, 6.07) is 0.674. The SMILES string of the molecule is C1=CC2OC3CCC=CC3C2C(N(C2C=C3C(=CC2)C2C=CC=CC2C32CCCC2)C2C=Cc3c(c4c(n3C3=CCCC=C3)CCCC4)C2)=C1. The molecule has 3 nitrogen and oxygen atoms in total. The Morgan fingerprint density at radius 1 is 0.800 bits per heavy atom. The molecule has 1 spiro atoms. The summed E-state index contributed by atoms with van der Waals surface area (Å²) in [7, 11) is 0. The van der Waals surface area contributed by atoms with Crippen molar-refractivity contribution in [3.8, 4) is 0 Å². The Morgan fingerprint density at radius 2 is 1.72 bits per heavy atom. The summed E-state index contributed by atoms with van der Waals surface area (Å²) in [6.45, 7) is 0. The molecule has 2 saturated carbocycles. The Labute approximate surface area is 298 Å². The van der Waals surface area contributed by atoms with E-state index in [1.807, 2.05) is 0 Å². The summed E-state index contributed by atoms with van der Waals surface area (Å²) < 4.78 is 9.52. The largest absolute Gasteiger partial charge is 0.370 e. The molecule has 0 amide bonds. The Bertz CT molecular complexity index is 1910. The Hall–Kier alpha value is -3.56. The molecule has 10 aliphatic rings. The third kappa shape index (κ3) is 4.38. The zero-order valence-corrected chi connectivity index (χ0v) is 29.6. The molecule has 0 aromatic carbocycles. The highest BCUT2D eigenvalue weighted by atomic mass is 16.5. The molecule has 1 saturated heterocycles. The summed E-state index contributed by atoms with van der Waals surface area (Å²) in [4.78, 5) is 2.94. The number of hydrogen-bond donors (Lipinski definition) is 0. The Balaban J connectivity index is 1.04. The molecule has 1 aromatic heterocycles. The quantitative estimate of drug-likeness (QED) is 0.299. The third-order valence-corrected chi connectivity index (χ3v) is 14.6. The summed E-state index contributed by atoms with van der Waals surface area (Å²) in [6.07, 6.45) is 57.6. The van der Waals surface area contributed by atoms with Crippen LogP contribution >= 0.6 is 0 Å². The molecule has 2 heterocycles. The van der Waals surface area contributed by atoms with E-state index in [9.17, 15) is 0 Å². The first-order valence-corrected chi connectivity index (χ1v) is 20.4. The number of fused-ring (bicyclic) bond motifs is 11. The van der Waals surface area contributed by atoms with Gasteiger partial charge in [0.15, 0.2) is 0 Å². The molecule has 1 aromatic rings. The molecule has 50 heavy (non-hydrogen) atoms.